The maximum Gasteiger partial charge on any atom is 0.176 e. The van der Waals surface area contributed by atoms with Crippen molar-refractivity contribution in [2.75, 3.05) is 6.54 Å². The minimum atomic E-state index is 0.405. The molecular weight excluding hydrogens is 220 g/mol. The number of rotatable bonds is 3. The van der Waals surface area contributed by atoms with Crippen LogP contribution < -0.4 is 5.32 Å². The Morgan fingerprint density at radius 2 is 2.50 bits per heavy atom. The van der Waals surface area contributed by atoms with E-state index in [0.717, 1.165) is 16.7 Å². The van der Waals surface area contributed by atoms with Gasteiger partial charge in [-0.15, -0.1) is 0 Å². The molecule has 0 saturated heterocycles. The molecule has 0 aliphatic rings. The molecule has 0 aliphatic heterocycles. The molecule has 1 rings (SSSR count). The summed E-state index contributed by atoms with van der Waals surface area (Å²) in [7, 11) is 0. The zero-order valence-electron chi connectivity index (χ0n) is 6.69. The van der Waals surface area contributed by atoms with Crippen molar-refractivity contribution >= 4 is 15.9 Å². The van der Waals surface area contributed by atoms with Gasteiger partial charge < -0.3 is 5.32 Å². The van der Waals surface area contributed by atoms with Crippen LogP contribution in [-0.4, -0.2) is 16.7 Å². The van der Waals surface area contributed by atoms with Crippen molar-refractivity contribution in [1.29, 1.82) is 5.26 Å². The Bertz CT molecular complexity index is 299. The lowest BCUT2D eigenvalue weighted by molar-refractivity contribution is 0.705. The Labute approximate surface area is 79.1 Å². The molecule has 0 fully saturated rings. The van der Waals surface area contributed by atoms with Crippen molar-refractivity contribution in [2.45, 2.75) is 13.5 Å². The lowest BCUT2D eigenvalue weighted by atomic mass is 10.3. The van der Waals surface area contributed by atoms with Crippen LogP contribution in [0.3, 0.4) is 0 Å². The smallest absolute Gasteiger partial charge is 0.176 e. The first-order valence-corrected chi connectivity index (χ1v) is 4.42. The van der Waals surface area contributed by atoms with Gasteiger partial charge in [0.15, 0.2) is 5.69 Å². The molecule has 0 aromatic carbocycles. The predicted octanol–water partition coefficient (Wildman–Crippen LogP) is 1.15. The fourth-order valence-corrected chi connectivity index (χ4v) is 1.21. The maximum atomic E-state index is 8.57. The molecule has 4 nitrogen and oxygen atoms in total. The van der Waals surface area contributed by atoms with E-state index in [-0.39, 0.29) is 0 Å². The molecule has 0 spiro atoms. The summed E-state index contributed by atoms with van der Waals surface area (Å²) in [5, 5.41) is 18.3. The van der Waals surface area contributed by atoms with Gasteiger partial charge in [0, 0.05) is 6.54 Å². The monoisotopic (exact) mass is 228 g/mol. The summed E-state index contributed by atoms with van der Waals surface area (Å²) >= 11 is 3.29. The summed E-state index contributed by atoms with van der Waals surface area (Å²) in [5.74, 6) is 0. The van der Waals surface area contributed by atoms with Gasteiger partial charge in [0.1, 0.15) is 6.07 Å². The third kappa shape index (κ3) is 1.84. The van der Waals surface area contributed by atoms with Crippen molar-refractivity contribution < 1.29 is 0 Å². The molecule has 12 heavy (non-hydrogen) atoms. The topological polar surface area (TPSA) is 64.5 Å². The lowest BCUT2D eigenvalue weighted by Gasteiger charge is -1.97. The first-order chi connectivity index (χ1) is 5.79. The second-order valence-corrected chi connectivity index (χ2v) is 3.05. The van der Waals surface area contributed by atoms with Crippen molar-refractivity contribution in [2.24, 2.45) is 0 Å². The van der Waals surface area contributed by atoms with E-state index in [1.54, 1.807) is 0 Å². The molecule has 1 aromatic heterocycles. The normalized spacial score (nSPS) is 9.75. The molecule has 2 N–H and O–H groups in total. The number of nitrogens with zero attached hydrogens (tertiary/aromatic N) is 2. The molecule has 0 aliphatic carbocycles. The Morgan fingerprint density at radius 3 is 3.00 bits per heavy atom. The Balaban J connectivity index is 2.75. The second-order valence-electron chi connectivity index (χ2n) is 2.26. The number of hydrogen-bond acceptors (Lipinski definition) is 3. The van der Waals surface area contributed by atoms with E-state index in [1.807, 2.05) is 13.0 Å². The molecule has 0 unspecified atom stereocenters. The number of nitriles is 1. The molecular formula is C7H9BrN4. The Morgan fingerprint density at radius 1 is 1.75 bits per heavy atom. The number of hydrogen-bond donors (Lipinski definition) is 2. The highest BCUT2D eigenvalue weighted by atomic mass is 79.9. The first-order valence-electron chi connectivity index (χ1n) is 3.63. The largest absolute Gasteiger partial charge is 0.311 e. The third-order valence-corrected chi connectivity index (χ3v) is 2.29. The minimum absolute atomic E-state index is 0.405. The Kier molecular flexibility index (Phi) is 3.26. The number of aromatic amines is 1. The number of halogens is 1. The van der Waals surface area contributed by atoms with Gasteiger partial charge in [0.25, 0.3) is 0 Å². The van der Waals surface area contributed by atoms with E-state index < -0.39 is 0 Å². The van der Waals surface area contributed by atoms with Crippen LogP contribution in [-0.2, 0) is 6.54 Å². The van der Waals surface area contributed by atoms with E-state index in [2.05, 4.69) is 31.4 Å². The summed E-state index contributed by atoms with van der Waals surface area (Å²) in [6, 6.07) is 1.98. The van der Waals surface area contributed by atoms with E-state index in [1.165, 1.54) is 0 Å². The van der Waals surface area contributed by atoms with Gasteiger partial charge in [-0.05, 0) is 22.5 Å². The number of nitrogens with one attached hydrogen (secondary N) is 2. The predicted molar refractivity (Wildman–Crippen MR) is 48.4 cm³/mol. The van der Waals surface area contributed by atoms with Crippen LogP contribution in [0.5, 0.6) is 0 Å². The molecule has 0 bridgehead atoms. The molecule has 0 saturated carbocycles. The van der Waals surface area contributed by atoms with Crippen molar-refractivity contribution in [3.8, 4) is 6.07 Å². The van der Waals surface area contributed by atoms with Gasteiger partial charge >= 0.3 is 0 Å². The molecule has 0 atom stereocenters. The molecule has 1 heterocycles. The summed E-state index contributed by atoms with van der Waals surface area (Å²) in [4.78, 5) is 0. The van der Waals surface area contributed by atoms with Gasteiger partial charge in [-0.25, -0.2) is 0 Å². The SMILES string of the molecule is CCNCc1[nH]nc(C#N)c1Br. The molecule has 0 amide bonds. The summed E-state index contributed by atoms with van der Waals surface area (Å²) in [5.41, 5.74) is 1.32. The van der Waals surface area contributed by atoms with Crippen LogP contribution in [0, 0.1) is 11.3 Å². The van der Waals surface area contributed by atoms with E-state index in [9.17, 15) is 0 Å². The highest BCUT2D eigenvalue weighted by Gasteiger charge is 2.08. The number of aromatic nitrogens is 2. The molecule has 1 aromatic rings. The van der Waals surface area contributed by atoms with Gasteiger partial charge in [-0.1, -0.05) is 6.92 Å². The fraction of sp³-hybridized carbons (Fsp3) is 0.429. The summed E-state index contributed by atoms with van der Waals surface area (Å²) < 4.78 is 0.756. The third-order valence-electron chi connectivity index (χ3n) is 1.43. The van der Waals surface area contributed by atoms with Crippen molar-refractivity contribution in [3.63, 3.8) is 0 Å². The number of H-pyrrole nitrogens is 1. The average Bonchev–Trinajstić information content (AvgIpc) is 2.43. The quantitative estimate of drug-likeness (QED) is 0.817. The van der Waals surface area contributed by atoms with E-state index in [0.29, 0.717) is 12.2 Å². The van der Waals surface area contributed by atoms with Crippen LogP contribution in [0.2, 0.25) is 0 Å². The second kappa shape index (κ2) is 4.24. The van der Waals surface area contributed by atoms with Crippen LogP contribution in [0.15, 0.2) is 4.47 Å². The fourth-order valence-electron chi connectivity index (χ4n) is 0.806. The van der Waals surface area contributed by atoms with Crippen LogP contribution in [0.1, 0.15) is 18.3 Å². The summed E-state index contributed by atoms with van der Waals surface area (Å²) in [6.07, 6.45) is 0. The highest BCUT2D eigenvalue weighted by Crippen LogP contribution is 2.17. The van der Waals surface area contributed by atoms with Crippen molar-refractivity contribution in [1.82, 2.24) is 15.5 Å². The molecule has 64 valence electrons. The van der Waals surface area contributed by atoms with Gasteiger partial charge in [0.2, 0.25) is 0 Å². The summed E-state index contributed by atoms with van der Waals surface area (Å²) in [6.45, 7) is 3.62. The van der Waals surface area contributed by atoms with Gasteiger partial charge in [-0.2, -0.15) is 10.4 Å². The maximum absolute atomic E-state index is 8.57. The van der Waals surface area contributed by atoms with Gasteiger partial charge in [-0.3, -0.25) is 5.10 Å². The zero-order valence-corrected chi connectivity index (χ0v) is 8.27. The van der Waals surface area contributed by atoms with Crippen molar-refractivity contribution in [3.05, 3.63) is 15.9 Å². The minimum Gasteiger partial charge on any atom is -0.311 e. The van der Waals surface area contributed by atoms with Crippen LogP contribution >= 0.6 is 15.9 Å². The van der Waals surface area contributed by atoms with E-state index in [4.69, 9.17) is 5.26 Å². The lowest BCUT2D eigenvalue weighted by Crippen LogP contribution is -2.12. The van der Waals surface area contributed by atoms with Crippen LogP contribution in [0.4, 0.5) is 0 Å². The van der Waals surface area contributed by atoms with Gasteiger partial charge in [0.05, 0.1) is 10.2 Å². The molecule has 5 heteroatoms. The highest BCUT2D eigenvalue weighted by molar-refractivity contribution is 9.10. The first kappa shape index (κ1) is 9.23. The standard InChI is InChI=1S/C7H9BrN4/c1-2-10-4-6-7(8)5(3-9)11-12-6/h10H,2,4H2,1H3,(H,11,12). The van der Waals surface area contributed by atoms with E-state index >= 15 is 0 Å². The average molecular weight is 229 g/mol. The Hall–Kier alpha value is -0.860. The zero-order chi connectivity index (χ0) is 8.97. The molecule has 0 radical (unpaired) electrons. The van der Waals surface area contributed by atoms with Crippen LogP contribution in [0.25, 0.3) is 0 Å².